The van der Waals surface area contributed by atoms with E-state index in [-0.39, 0.29) is 6.04 Å². The molecule has 1 aromatic heterocycles. The standard InChI is InChI=1S/C16H19ClN2O/c1-2-12-7-15(10-19-9-12)20-11-14(18)8-13-5-3-4-6-16(13)17/h3-7,9-10,14H,2,8,11,18H2,1H3/t14-/m0/s1. The van der Waals surface area contributed by atoms with Crippen LogP contribution in [0.4, 0.5) is 0 Å². The summed E-state index contributed by atoms with van der Waals surface area (Å²) in [6.45, 7) is 2.53. The highest BCUT2D eigenvalue weighted by Gasteiger charge is 2.08. The summed E-state index contributed by atoms with van der Waals surface area (Å²) in [5.41, 5.74) is 8.29. The van der Waals surface area contributed by atoms with E-state index < -0.39 is 0 Å². The Labute approximate surface area is 124 Å². The molecule has 0 saturated carbocycles. The molecule has 0 fully saturated rings. The van der Waals surface area contributed by atoms with Crippen molar-refractivity contribution in [2.75, 3.05) is 6.61 Å². The lowest BCUT2D eigenvalue weighted by atomic mass is 10.1. The average molecular weight is 291 g/mol. The van der Waals surface area contributed by atoms with E-state index in [0.717, 1.165) is 28.3 Å². The second-order valence-electron chi connectivity index (χ2n) is 4.75. The van der Waals surface area contributed by atoms with Crippen molar-refractivity contribution in [3.8, 4) is 5.75 Å². The monoisotopic (exact) mass is 290 g/mol. The molecule has 0 aliphatic rings. The third kappa shape index (κ3) is 4.22. The molecule has 3 nitrogen and oxygen atoms in total. The third-order valence-corrected chi connectivity index (χ3v) is 3.45. The molecule has 20 heavy (non-hydrogen) atoms. The molecule has 0 unspecified atom stereocenters. The molecular weight excluding hydrogens is 272 g/mol. The SMILES string of the molecule is CCc1cncc(OC[C@@H](N)Cc2ccccc2Cl)c1. The second-order valence-corrected chi connectivity index (χ2v) is 5.16. The molecule has 2 N–H and O–H groups in total. The summed E-state index contributed by atoms with van der Waals surface area (Å²) in [6, 6.07) is 9.63. The largest absolute Gasteiger partial charge is 0.490 e. The Morgan fingerprint density at radius 3 is 2.85 bits per heavy atom. The van der Waals surface area contributed by atoms with Crippen LogP contribution < -0.4 is 10.5 Å². The van der Waals surface area contributed by atoms with Crippen LogP contribution in [-0.4, -0.2) is 17.6 Å². The number of hydrogen-bond acceptors (Lipinski definition) is 3. The van der Waals surface area contributed by atoms with Gasteiger partial charge in [-0.05, 0) is 36.1 Å². The lowest BCUT2D eigenvalue weighted by Crippen LogP contribution is -2.30. The molecule has 4 heteroatoms. The Hall–Kier alpha value is -1.58. The molecule has 0 radical (unpaired) electrons. The molecule has 2 rings (SSSR count). The first kappa shape index (κ1) is 14.8. The number of hydrogen-bond donors (Lipinski definition) is 1. The highest BCUT2D eigenvalue weighted by Crippen LogP contribution is 2.17. The van der Waals surface area contributed by atoms with Crippen LogP contribution in [0.1, 0.15) is 18.1 Å². The van der Waals surface area contributed by atoms with Crippen molar-refractivity contribution in [2.45, 2.75) is 25.8 Å². The number of nitrogens with zero attached hydrogens (tertiary/aromatic N) is 1. The average Bonchev–Trinajstić information content (AvgIpc) is 2.48. The zero-order valence-corrected chi connectivity index (χ0v) is 12.3. The van der Waals surface area contributed by atoms with Crippen LogP contribution in [0.2, 0.25) is 5.02 Å². The molecular formula is C16H19ClN2O. The van der Waals surface area contributed by atoms with Gasteiger partial charge in [0, 0.05) is 17.3 Å². The number of pyridine rings is 1. The van der Waals surface area contributed by atoms with Crippen molar-refractivity contribution in [3.63, 3.8) is 0 Å². The van der Waals surface area contributed by atoms with Gasteiger partial charge in [-0.2, -0.15) is 0 Å². The van der Waals surface area contributed by atoms with Crippen molar-refractivity contribution in [2.24, 2.45) is 5.73 Å². The van der Waals surface area contributed by atoms with Gasteiger partial charge in [-0.15, -0.1) is 0 Å². The maximum Gasteiger partial charge on any atom is 0.137 e. The Morgan fingerprint density at radius 1 is 1.30 bits per heavy atom. The van der Waals surface area contributed by atoms with Crippen LogP contribution in [0.15, 0.2) is 42.7 Å². The van der Waals surface area contributed by atoms with Crippen molar-refractivity contribution >= 4 is 11.6 Å². The fraction of sp³-hybridized carbons (Fsp3) is 0.312. The quantitative estimate of drug-likeness (QED) is 0.888. The molecule has 0 saturated heterocycles. The number of ether oxygens (including phenoxy) is 1. The van der Waals surface area contributed by atoms with Crippen LogP contribution in [0, 0.1) is 0 Å². The molecule has 2 aromatic rings. The minimum atomic E-state index is -0.0971. The Kier molecular flexibility index (Phi) is 5.39. The van der Waals surface area contributed by atoms with Crippen LogP contribution in [0.25, 0.3) is 0 Å². The van der Waals surface area contributed by atoms with Gasteiger partial charge in [-0.25, -0.2) is 0 Å². The van der Waals surface area contributed by atoms with Gasteiger partial charge in [-0.3, -0.25) is 4.98 Å². The fourth-order valence-corrected chi connectivity index (χ4v) is 2.16. The predicted molar refractivity (Wildman–Crippen MR) is 82.2 cm³/mol. The summed E-state index contributed by atoms with van der Waals surface area (Å²) in [5, 5.41) is 0.748. The van der Waals surface area contributed by atoms with Gasteiger partial charge in [0.15, 0.2) is 0 Å². The highest BCUT2D eigenvalue weighted by molar-refractivity contribution is 6.31. The fourth-order valence-electron chi connectivity index (χ4n) is 1.94. The molecule has 106 valence electrons. The third-order valence-electron chi connectivity index (χ3n) is 3.08. The van der Waals surface area contributed by atoms with E-state index in [0.29, 0.717) is 13.0 Å². The summed E-state index contributed by atoms with van der Waals surface area (Å²) < 4.78 is 5.69. The first-order chi connectivity index (χ1) is 9.69. The van der Waals surface area contributed by atoms with Gasteiger partial charge in [-0.1, -0.05) is 36.7 Å². The molecule has 0 spiro atoms. The van der Waals surface area contributed by atoms with Crippen LogP contribution >= 0.6 is 11.6 Å². The first-order valence-corrected chi connectivity index (χ1v) is 7.12. The second kappa shape index (κ2) is 7.27. The minimum Gasteiger partial charge on any atom is -0.490 e. The lowest BCUT2D eigenvalue weighted by molar-refractivity contribution is 0.286. The van der Waals surface area contributed by atoms with Crippen LogP contribution in [0.3, 0.4) is 0 Å². The highest BCUT2D eigenvalue weighted by atomic mass is 35.5. The minimum absolute atomic E-state index is 0.0971. The molecule has 0 aliphatic carbocycles. The van der Waals surface area contributed by atoms with E-state index in [2.05, 4.69) is 11.9 Å². The number of benzene rings is 1. The number of rotatable bonds is 6. The van der Waals surface area contributed by atoms with E-state index in [9.17, 15) is 0 Å². The molecule has 1 heterocycles. The van der Waals surface area contributed by atoms with Crippen molar-refractivity contribution in [1.29, 1.82) is 0 Å². The molecule has 0 amide bonds. The first-order valence-electron chi connectivity index (χ1n) is 6.74. The van der Waals surface area contributed by atoms with Gasteiger partial charge in [0.1, 0.15) is 12.4 Å². The van der Waals surface area contributed by atoms with Crippen LogP contribution in [0.5, 0.6) is 5.75 Å². The Bertz CT molecular complexity index is 560. The normalized spacial score (nSPS) is 12.2. The van der Waals surface area contributed by atoms with Crippen LogP contribution in [-0.2, 0) is 12.8 Å². The lowest BCUT2D eigenvalue weighted by Gasteiger charge is -2.14. The van der Waals surface area contributed by atoms with Crippen molar-refractivity contribution in [1.82, 2.24) is 4.98 Å². The summed E-state index contributed by atoms with van der Waals surface area (Å²) in [4.78, 5) is 4.14. The number of aryl methyl sites for hydroxylation is 1. The number of halogens is 1. The summed E-state index contributed by atoms with van der Waals surface area (Å²) in [7, 11) is 0. The Balaban J connectivity index is 1.89. The van der Waals surface area contributed by atoms with Crippen molar-refractivity contribution < 1.29 is 4.74 Å². The topological polar surface area (TPSA) is 48.1 Å². The zero-order valence-electron chi connectivity index (χ0n) is 11.6. The van der Waals surface area contributed by atoms with E-state index >= 15 is 0 Å². The van der Waals surface area contributed by atoms with Gasteiger partial charge in [0.05, 0.1) is 6.20 Å². The predicted octanol–water partition coefficient (Wildman–Crippen LogP) is 3.25. The maximum absolute atomic E-state index is 6.12. The van der Waals surface area contributed by atoms with E-state index in [1.807, 2.05) is 36.5 Å². The molecule has 0 aliphatic heterocycles. The summed E-state index contributed by atoms with van der Waals surface area (Å²) in [6.07, 6.45) is 5.19. The number of nitrogens with two attached hydrogens (primary N) is 1. The summed E-state index contributed by atoms with van der Waals surface area (Å²) in [5.74, 6) is 0.763. The van der Waals surface area contributed by atoms with Gasteiger partial charge in [0.2, 0.25) is 0 Å². The Morgan fingerprint density at radius 2 is 2.10 bits per heavy atom. The molecule has 1 aromatic carbocycles. The van der Waals surface area contributed by atoms with E-state index in [4.69, 9.17) is 22.1 Å². The maximum atomic E-state index is 6.12. The van der Waals surface area contributed by atoms with Gasteiger partial charge >= 0.3 is 0 Å². The van der Waals surface area contributed by atoms with E-state index in [1.54, 1.807) is 6.20 Å². The zero-order chi connectivity index (χ0) is 14.4. The molecule has 1 atom stereocenters. The van der Waals surface area contributed by atoms with Gasteiger partial charge in [0.25, 0.3) is 0 Å². The molecule has 0 bridgehead atoms. The van der Waals surface area contributed by atoms with Crippen molar-refractivity contribution in [3.05, 3.63) is 58.9 Å². The van der Waals surface area contributed by atoms with Gasteiger partial charge < -0.3 is 10.5 Å². The summed E-state index contributed by atoms with van der Waals surface area (Å²) >= 11 is 6.12. The number of aromatic nitrogens is 1. The van der Waals surface area contributed by atoms with E-state index in [1.165, 1.54) is 0 Å². The smallest absolute Gasteiger partial charge is 0.137 e.